The highest BCUT2D eigenvalue weighted by molar-refractivity contribution is 5.72. The van der Waals surface area contributed by atoms with Crippen molar-refractivity contribution in [2.24, 2.45) is 0 Å². The first-order chi connectivity index (χ1) is 12.5. The Balaban J connectivity index is 1.90. The molecule has 0 fully saturated rings. The number of ether oxygens (including phenoxy) is 1. The molecule has 2 heterocycles. The average Bonchev–Trinajstić information content (AvgIpc) is 2.98. The van der Waals surface area contributed by atoms with Crippen molar-refractivity contribution in [2.75, 3.05) is 12.4 Å². The largest absolute Gasteiger partial charge is 0.480 e. The van der Waals surface area contributed by atoms with Crippen molar-refractivity contribution in [1.29, 1.82) is 5.26 Å². The second-order valence-corrected chi connectivity index (χ2v) is 5.75. The van der Waals surface area contributed by atoms with Crippen molar-refractivity contribution in [1.82, 2.24) is 10.1 Å². The van der Waals surface area contributed by atoms with Gasteiger partial charge in [0, 0.05) is 29.4 Å². The van der Waals surface area contributed by atoms with Crippen LogP contribution in [0.2, 0.25) is 0 Å². The minimum absolute atomic E-state index is 0.223. The van der Waals surface area contributed by atoms with E-state index in [9.17, 15) is 4.39 Å². The Kier molecular flexibility index (Phi) is 4.85. The molecule has 0 radical (unpaired) electrons. The first kappa shape index (κ1) is 17.4. The predicted molar refractivity (Wildman–Crippen MR) is 94.2 cm³/mol. The van der Waals surface area contributed by atoms with Crippen LogP contribution >= 0.6 is 0 Å². The maximum absolute atomic E-state index is 14.1. The maximum Gasteiger partial charge on any atom is 0.237 e. The van der Waals surface area contributed by atoms with Gasteiger partial charge in [0.25, 0.3) is 0 Å². The molecule has 0 aliphatic heterocycles. The molecule has 6 nitrogen and oxygen atoms in total. The van der Waals surface area contributed by atoms with E-state index in [0.717, 1.165) is 16.8 Å². The summed E-state index contributed by atoms with van der Waals surface area (Å²) in [4.78, 5) is 4.31. The number of hydrogen-bond acceptors (Lipinski definition) is 6. The van der Waals surface area contributed by atoms with Crippen molar-refractivity contribution >= 4 is 5.69 Å². The summed E-state index contributed by atoms with van der Waals surface area (Å²) in [5.74, 6) is 0.651. The summed E-state index contributed by atoms with van der Waals surface area (Å²) in [5, 5.41) is 15.9. The van der Waals surface area contributed by atoms with E-state index in [4.69, 9.17) is 14.5 Å². The number of halogens is 1. The topological polar surface area (TPSA) is 84.0 Å². The highest BCUT2D eigenvalue weighted by Gasteiger charge is 2.15. The summed E-state index contributed by atoms with van der Waals surface area (Å²) < 4.78 is 24.6. The Hall–Kier alpha value is -3.40. The molecule has 0 spiro atoms. The first-order valence-electron chi connectivity index (χ1n) is 7.93. The SMILES string of the molecule is COc1ncc(-c2c(C)noc2C)cc1NCc1ccc(C#N)cc1F. The van der Waals surface area contributed by atoms with Gasteiger partial charge >= 0.3 is 0 Å². The van der Waals surface area contributed by atoms with Crippen LogP contribution in [0.4, 0.5) is 10.1 Å². The van der Waals surface area contributed by atoms with E-state index in [2.05, 4.69) is 15.5 Å². The normalized spacial score (nSPS) is 10.4. The van der Waals surface area contributed by atoms with Crippen LogP contribution in [0.5, 0.6) is 5.88 Å². The number of pyridine rings is 1. The van der Waals surface area contributed by atoms with Crippen LogP contribution < -0.4 is 10.1 Å². The molecular weight excluding hydrogens is 335 g/mol. The van der Waals surface area contributed by atoms with Gasteiger partial charge in [0.2, 0.25) is 5.88 Å². The smallest absolute Gasteiger partial charge is 0.237 e. The molecular formula is C19H17FN4O2. The van der Waals surface area contributed by atoms with E-state index >= 15 is 0 Å². The number of aromatic nitrogens is 2. The van der Waals surface area contributed by atoms with Crippen molar-refractivity contribution in [3.63, 3.8) is 0 Å². The second-order valence-electron chi connectivity index (χ2n) is 5.75. The van der Waals surface area contributed by atoms with E-state index in [-0.39, 0.29) is 12.1 Å². The minimum atomic E-state index is -0.439. The van der Waals surface area contributed by atoms with Crippen molar-refractivity contribution in [3.05, 3.63) is 58.9 Å². The van der Waals surface area contributed by atoms with Crippen LogP contribution in [0, 0.1) is 31.0 Å². The standard InChI is InChI=1S/C19H17FN4O2/c1-11-18(12(2)26-24-11)15-7-17(19(25-3)23-10-15)22-9-14-5-4-13(8-21)6-16(14)20/h4-7,10,22H,9H2,1-3H3. The quantitative estimate of drug-likeness (QED) is 0.747. The zero-order valence-electron chi connectivity index (χ0n) is 14.6. The number of nitriles is 1. The summed E-state index contributed by atoms with van der Waals surface area (Å²) in [6.07, 6.45) is 1.68. The van der Waals surface area contributed by atoms with E-state index in [1.807, 2.05) is 26.0 Å². The fraction of sp³-hybridized carbons (Fsp3) is 0.211. The molecule has 0 aliphatic rings. The van der Waals surface area contributed by atoms with Gasteiger partial charge in [0.15, 0.2) is 0 Å². The molecule has 132 valence electrons. The lowest BCUT2D eigenvalue weighted by molar-refractivity contribution is 0.393. The Morgan fingerprint density at radius 2 is 2.12 bits per heavy atom. The van der Waals surface area contributed by atoms with Gasteiger partial charge in [-0.3, -0.25) is 0 Å². The van der Waals surface area contributed by atoms with Crippen LogP contribution in [-0.2, 0) is 6.54 Å². The molecule has 7 heteroatoms. The minimum Gasteiger partial charge on any atom is -0.480 e. The molecule has 3 rings (SSSR count). The first-order valence-corrected chi connectivity index (χ1v) is 7.93. The Bertz CT molecular complexity index is 972. The molecule has 26 heavy (non-hydrogen) atoms. The number of benzene rings is 1. The molecule has 0 saturated heterocycles. The summed E-state index contributed by atoms with van der Waals surface area (Å²) in [6.45, 7) is 3.91. The lowest BCUT2D eigenvalue weighted by atomic mass is 10.1. The van der Waals surface area contributed by atoms with Gasteiger partial charge in [-0.25, -0.2) is 9.37 Å². The van der Waals surface area contributed by atoms with Crippen LogP contribution in [-0.4, -0.2) is 17.3 Å². The zero-order chi connectivity index (χ0) is 18.7. The second kappa shape index (κ2) is 7.23. The fourth-order valence-corrected chi connectivity index (χ4v) is 2.72. The monoisotopic (exact) mass is 352 g/mol. The highest BCUT2D eigenvalue weighted by Crippen LogP contribution is 2.32. The van der Waals surface area contributed by atoms with E-state index in [1.165, 1.54) is 13.2 Å². The molecule has 1 aromatic carbocycles. The average molecular weight is 352 g/mol. The number of methoxy groups -OCH3 is 1. The van der Waals surface area contributed by atoms with Crippen LogP contribution in [0.3, 0.4) is 0 Å². The van der Waals surface area contributed by atoms with Crippen molar-refractivity contribution in [2.45, 2.75) is 20.4 Å². The molecule has 0 aliphatic carbocycles. The van der Waals surface area contributed by atoms with Gasteiger partial charge in [0.05, 0.1) is 30.1 Å². The lowest BCUT2D eigenvalue weighted by Crippen LogP contribution is -2.05. The zero-order valence-corrected chi connectivity index (χ0v) is 14.6. The predicted octanol–water partition coefficient (Wildman–Crippen LogP) is 3.98. The number of nitrogens with zero attached hydrogens (tertiary/aromatic N) is 3. The summed E-state index contributed by atoms with van der Waals surface area (Å²) in [5.41, 5.74) is 3.80. The van der Waals surface area contributed by atoms with E-state index < -0.39 is 5.82 Å². The van der Waals surface area contributed by atoms with Gasteiger partial charge in [0.1, 0.15) is 11.6 Å². The Labute approximate surface area is 150 Å². The number of hydrogen-bond donors (Lipinski definition) is 1. The molecule has 1 N–H and O–H groups in total. The molecule has 0 saturated carbocycles. The van der Waals surface area contributed by atoms with Crippen LogP contribution in [0.25, 0.3) is 11.1 Å². The van der Waals surface area contributed by atoms with Crippen LogP contribution in [0.1, 0.15) is 22.6 Å². The molecule has 0 bridgehead atoms. The van der Waals surface area contributed by atoms with Gasteiger partial charge in [-0.15, -0.1) is 0 Å². The van der Waals surface area contributed by atoms with Gasteiger partial charge in [-0.2, -0.15) is 5.26 Å². The number of rotatable bonds is 5. The summed E-state index contributed by atoms with van der Waals surface area (Å²) >= 11 is 0. The van der Waals surface area contributed by atoms with Gasteiger partial charge in [-0.1, -0.05) is 11.2 Å². The van der Waals surface area contributed by atoms with E-state index in [1.54, 1.807) is 18.3 Å². The molecule has 0 unspecified atom stereocenters. The number of anilines is 1. The third-order valence-electron chi connectivity index (χ3n) is 4.02. The molecule has 0 atom stereocenters. The Morgan fingerprint density at radius 3 is 2.73 bits per heavy atom. The molecule has 3 aromatic rings. The third-order valence-corrected chi connectivity index (χ3v) is 4.02. The third kappa shape index (κ3) is 3.35. The highest BCUT2D eigenvalue weighted by atomic mass is 19.1. The van der Waals surface area contributed by atoms with Crippen molar-refractivity contribution in [3.8, 4) is 23.1 Å². The maximum atomic E-state index is 14.1. The van der Waals surface area contributed by atoms with E-state index in [0.29, 0.717) is 22.9 Å². The fourth-order valence-electron chi connectivity index (χ4n) is 2.72. The Morgan fingerprint density at radius 1 is 1.31 bits per heavy atom. The van der Waals surface area contributed by atoms with Gasteiger partial charge < -0.3 is 14.6 Å². The number of nitrogens with one attached hydrogen (secondary N) is 1. The summed E-state index contributed by atoms with van der Waals surface area (Å²) in [7, 11) is 1.52. The number of aryl methyl sites for hydroxylation is 2. The van der Waals surface area contributed by atoms with Crippen LogP contribution in [0.15, 0.2) is 35.0 Å². The van der Waals surface area contributed by atoms with Crippen molar-refractivity contribution < 1.29 is 13.7 Å². The van der Waals surface area contributed by atoms with Gasteiger partial charge in [-0.05, 0) is 32.0 Å². The molecule has 2 aromatic heterocycles. The molecule has 0 amide bonds. The lowest BCUT2D eigenvalue weighted by Gasteiger charge is -2.12. The summed E-state index contributed by atoms with van der Waals surface area (Å²) in [6, 6.07) is 8.15.